The Bertz CT molecular complexity index is 356. The van der Waals surface area contributed by atoms with Crippen LogP contribution >= 0.6 is 0 Å². The number of nitrogens with one attached hydrogen (secondary N) is 1. The molecule has 0 aliphatic heterocycles. The summed E-state index contributed by atoms with van der Waals surface area (Å²) in [6.45, 7) is 4.07. The monoisotopic (exact) mass is 221 g/mol. The molecule has 0 spiro atoms. The molecule has 1 atom stereocenters. The highest BCUT2D eigenvalue weighted by atomic mass is 16.1. The van der Waals surface area contributed by atoms with E-state index in [1.54, 1.807) is 18.2 Å². The molecule has 1 rings (SSSR count). The predicted molar refractivity (Wildman–Crippen MR) is 67.1 cm³/mol. The Labute approximate surface area is 96.0 Å². The maximum Gasteiger partial charge on any atom is 0.251 e. The number of hydrogen-bond acceptors (Lipinski definition) is 3. The van der Waals surface area contributed by atoms with Crippen molar-refractivity contribution in [3.8, 4) is 0 Å². The van der Waals surface area contributed by atoms with E-state index in [2.05, 4.69) is 12.2 Å². The molecule has 0 fully saturated rings. The lowest BCUT2D eigenvalue weighted by atomic mass is 10.1. The van der Waals surface area contributed by atoms with Gasteiger partial charge in [-0.15, -0.1) is 0 Å². The summed E-state index contributed by atoms with van der Waals surface area (Å²) in [6, 6.07) is 5.06. The fraction of sp³-hybridized carbons (Fsp3) is 0.417. The van der Waals surface area contributed by atoms with Crippen molar-refractivity contribution in [1.29, 1.82) is 0 Å². The van der Waals surface area contributed by atoms with Crippen molar-refractivity contribution in [3.05, 3.63) is 23.8 Å². The van der Waals surface area contributed by atoms with Crippen molar-refractivity contribution in [3.63, 3.8) is 0 Å². The third-order valence-corrected chi connectivity index (χ3v) is 2.34. The van der Waals surface area contributed by atoms with Crippen LogP contribution in [-0.2, 0) is 0 Å². The normalized spacial score (nSPS) is 12.1. The van der Waals surface area contributed by atoms with Gasteiger partial charge in [-0.2, -0.15) is 0 Å². The van der Waals surface area contributed by atoms with Crippen LogP contribution in [0.2, 0.25) is 0 Å². The number of rotatable bonds is 4. The van der Waals surface area contributed by atoms with Crippen molar-refractivity contribution >= 4 is 17.3 Å². The van der Waals surface area contributed by atoms with E-state index >= 15 is 0 Å². The Kier molecular flexibility index (Phi) is 4.17. The summed E-state index contributed by atoms with van der Waals surface area (Å²) >= 11 is 0. The molecule has 1 amide bonds. The fourth-order valence-electron chi connectivity index (χ4n) is 1.62. The molecular formula is C12H19N3O. The van der Waals surface area contributed by atoms with Crippen LogP contribution < -0.4 is 16.8 Å². The Morgan fingerprint density at radius 3 is 2.38 bits per heavy atom. The zero-order valence-electron chi connectivity index (χ0n) is 9.79. The van der Waals surface area contributed by atoms with Crippen LogP contribution in [-0.4, -0.2) is 11.9 Å². The number of carbonyl (C=O) groups is 1. The molecule has 5 N–H and O–H groups in total. The number of hydrogen-bond donors (Lipinski definition) is 3. The SMILES string of the molecule is CCCC(C)NC(=O)c1cc(N)cc(N)c1. The minimum absolute atomic E-state index is 0.125. The van der Waals surface area contributed by atoms with Crippen molar-refractivity contribution in [2.24, 2.45) is 0 Å². The van der Waals surface area contributed by atoms with Crippen LogP contribution in [0, 0.1) is 0 Å². The van der Waals surface area contributed by atoms with Gasteiger partial charge in [-0.1, -0.05) is 13.3 Å². The lowest BCUT2D eigenvalue weighted by molar-refractivity contribution is 0.0938. The molecule has 0 aliphatic carbocycles. The lowest BCUT2D eigenvalue weighted by Crippen LogP contribution is -2.32. The Morgan fingerprint density at radius 1 is 1.31 bits per heavy atom. The highest BCUT2D eigenvalue weighted by Crippen LogP contribution is 2.13. The number of amides is 1. The van der Waals surface area contributed by atoms with E-state index in [4.69, 9.17) is 11.5 Å². The molecule has 0 radical (unpaired) electrons. The van der Waals surface area contributed by atoms with E-state index in [0.717, 1.165) is 12.8 Å². The smallest absolute Gasteiger partial charge is 0.251 e. The van der Waals surface area contributed by atoms with Gasteiger partial charge in [0, 0.05) is 23.0 Å². The molecule has 1 unspecified atom stereocenters. The van der Waals surface area contributed by atoms with Crippen molar-refractivity contribution in [2.75, 3.05) is 11.5 Å². The molecule has 1 aromatic rings. The molecule has 1 aromatic carbocycles. The van der Waals surface area contributed by atoms with Crippen LogP contribution in [0.4, 0.5) is 11.4 Å². The number of nitrogen functional groups attached to an aromatic ring is 2. The Morgan fingerprint density at radius 2 is 1.88 bits per heavy atom. The second-order valence-corrected chi connectivity index (χ2v) is 4.05. The van der Waals surface area contributed by atoms with Crippen molar-refractivity contribution < 1.29 is 4.79 Å². The van der Waals surface area contributed by atoms with Gasteiger partial charge in [0.05, 0.1) is 0 Å². The summed E-state index contributed by atoms with van der Waals surface area (Å²) < 4.78 is 0. The molecule has 4 heteroatoms. The molecule has 0 saturated heterocycles. The first-order valence-electron chi connectivity index (χ1n) is 5.49. The summed E-state index contributed by atoms with van der Waals surface area (Å²) in [7, 11) is 0. The summed E-state index contributed by atoms with van der Waals surface area (Å²) in [4.78, 5) is 11.8. The van der Waals surface area contributed by atoms with Crippen LogP contribution in [0.5, 0.6) is 0 Å². The van der Waals surface area contributed by atoms with Crippen molar-refractivity contribution in [1.82, 2.24) is 5.32 Å². The quantitative estimate of drug-likeness (QED) is 0.678. The Hall–Kier alpha value is -1.71. The minimum atomic E-state index is -0.125. The highest BCUT2D eigenvalue weighted by Gasteiger charge is 2.09. The van der Waals surface area contributed by atoms with Gasteiger partial charge in [-0.3, -0.25) is 4.79 Å². The fourth-order valence-corrected chi connectivity index (χ4v) is 1.62. The van der Waals surface area contributed by atoms with Gasteiger partial charge < -0.3 is 16.8 Å². The molecule has 16 heavy (non-hydrogen) atoms. The number of anilines is 2. The van der Waals surface area contributed by atoms with Gasteiger partial charge in [0.15, 0.2) is 0 Å². The zero-order chi connectivity index (χ0) is 12.1. The highest BCUT2D eigenvalue weighted by molar-refractivity contribution is 5.96. The maximum absolute atomic E-state index is 11.8. The van der Waals surface area contributed by atoms with Gasteiger partial charge in [-0.25, -0.2) is 0 Å². The molecule has 0 aromatic heterocycles. The Balaban J connectivity index is 2.72. The van der Waals surface area contributed by atoms with E-state index in [1.807, 2.05) is 6.92 Å². The lowest BCUT2D eigenvalue weighted by Gasteiger charge is -2.13. The van der Waals surface area contributed by atoms with Gasteiger partial charge >= 0.3 is 0 Å². The predicted octanol–water partition coefficient (Wildman–Crippen LogP) is 1.77. The second-order valence-electron chi connectivity index (χ2n) is 4.05. The number of nitrogens with two attached hydrogens (primary N) is 2. The maximum atomic E-state index is 11.8. The molecule has 4 nitrogen and oxygen atoms in total. The second kappa shape index (κ2) is 5.39. The summed E-state index contributed by atoms with van der Waals surface area (Å²) in [5.74, 6) is -0.125. The van der Waals surface area contributed by atoms with Gasteiger partial charge in [0.25, 0.3) is 5.91 Å². The van der Waals surface area contributed by atoms with E-state index in [-0.39, 0.29) is 11.9 Å². The first-order chi connectivity index (χ1) is 7.52. The summed E-state index contributed by atoms with van der Waals surface area (Å²) in [6.07, 6.45) is 2.00. The van der Waals surface area contributed by atoms with Crippen molar-refractivity contribution in [2.45, 2.75) is 32.7 Å². The van der Waals surface area contributed by atoms with Gasteiger partial charge in [-0.05, 0) is 31.5 Å². The van der Waals surface area contributed by atoms with Crippen LogP contribution in [0.3, 0.4) is 0 Å². The average Bonchev–Trinajstić information content (AvgIpc) is 2.16. The molecule has 0 bridgehead atoms. The zero-order valence-corrected chi connectivity index (χ0v) is 9.79. The number of benzene rings is 1. The molecule has 0 aliphatic rings. The third kappa shape index (κ3) is 3.46. The van der Waals surface area contributed by atoms with Gasteiger partial charge in [0.1, 0.15) is 0 Å². The first-order valence-corrected chi connectivity index (χ1v) is 5.49. The minimum Gasteiger partial charge on any atom is -0.399 e. The largest absolute Gasteiger partial charge is 0.399 e. The molecular weight excluding hydrogens is 202 g/mol. The molecule has 88 valence electrons. The first kappa shape index (κ1) is 12.4. The average molecular weight is 221 g/mol. The van der Waals surface area contributed by atoms with E-state index < -0.39 is 0 Å². The van der Waals surface area contributed by atoms with E-state index in [1.165, 1.54) is 0 Å². The number of carbonyl (C=O) groups excluding carboxylic acids is 1. The topological polar surface area (TPSA) is 81.1 Å². The van der Waals surface area contributed by atoms with Crippen LogP contribution in [0.1, 0.15) is 37.0 Å². The summed E-state index contributed by atoms with van der Waals surface area (Å²) in [5, 5.41) is 2.90. The standard InChI is InChI=1S/C12H19N3O/c1-3-4-8(2)15-12(16)9-5-10(13)7-11(14)6-9/h5-8H,3-4,13-14H2,1-2H3,(H,15,16). The van der Waals surface area contributed by atoms with Crippen LogP contribution in [0.25, 0.3) is 0 Å². The third-order valence-electron chi connectivity index (χ3n) is 2.34. The van der Waals surface area contributed by atoms with E-state index in [9.17, 15) is 4.79 Å². The van der Waals surface area contributed by atoms with E-state index in [0.29, 0.717) is 16.9 Å². The van der Waals surface area contributed by atoms with Gasteiger partial charge in [0.2, 0.25) is 0 Å². The molecule has 0 heterocycles. The summed E-state index contributed by atoms with van der Waals surface area (Å²) in [5.41, 5.74) is 12.8. The molecule has 0 saturated carbocycles. The van der Waals surface area contributed by atoms with Crippen LogP contribution in [0.15, 0.2) is 18.2 Å².